The van der Waals surface area contributed by atoms with E-state index in [0.29, 0.717) is 6.54 Å². The van der Waals surface area contributed by atoms with Gasteiger partial charge in [-0.25, -0.2) is 9.97 Å². The van der Waals surface area contributed by atoms with Crippen LogP contribution in [0.3, 0.4) is 0 Å². The highest BCUT2D eigenvalue weighted by molar-refractivity contribution is 5.80. The van der Waals surface area contributed by atoms with Crippen molar-refractivity contribution < 1.29 is 4.79 Å². The predicted octanol–water partition coefficient (Wildman–Crippen LogP) is 3.08. The Labute approximate surface area is 147 Å². The van der Waals surface area contributed by atoms with Gasteiger partial charge in [0.1, 0.15) is 17.7 Å². The highest BCUT2D eigenvalue weighted by Gasteiger charge is 2.19. The van der Waals surface area contributed by atoms with E-state index >= 15 is 0 Å². The molecule has 0 saturated heterocycles. The molecule has 6 heteroatoms. The summed E-state index contributed by atoms with van der Waals surface area (Å²) in [7, 11) is 2.01. The van der Waals surface area contributed by atoms with Gasteiger partial charge in [0.15, 0.2) is 0 Å². The fraction of sp³-hybridized carbons (Fsp3) is 0.421. The average Bonchev–Trinajstić information content (AvgIpc) is 3.17. The first-order chi connectivity index (χ1) is 11.9. The standard InChI is InChI=1S/C19H25N5O/c1-12(2)18-20-8-9-24(18)13(3)19(25)21-11-15-6-7-17-16(10-15)22-14(4)23(17)5/h6-10,12-13H,11H2,1-5H3,(H,21,25)/t13-/m1/s1. The van der Waals surface area contributed by atoms with E-state index in [-0.39, 0.29) is 17.9 Å². The lowest BCUT2D eigenvalue weighted by molar-refractivity contribution is -0.124. The maximum atomic E-state index is 12.5. The zero-order chi connectivity index (χ0) is 18.1. The lowest BCUT2D eigenvalue weighted by atomic mass is 10.1. The van der Waals surface area contributed by atoms with Crippen molar-refractivity contribution in [1.29, 1.82) is 0 Å². The van der Waals surface area contributed by atoms with E-state index in [9.17, 15) is 4.79 Å². The topological polar surface area (TPSA) is 64.7 Å². The van der Waals surface area contributed by atoms with Crippen molar-refractivity contribution in [2.75, 3.05) is 0 Å². The van der Waals surface area contributed by atoms with Crippen molar-refractivity contribution in [2.45, 2.75) is 46.2 Å². The first-order valence-electron chi connectivity index (χ1n) is 8.61. The largest absolute Gasteiger partial charge is 0.350 e. The maximum Gasteiger partial charge on any atom is 0.243 e. The van der Waals surface area contributed by atoms with Crippen molar-refractivity contribution in [2.24, 2.45) is 7.05 Å². The van der Waals surface area contributed by atoms with Gasteiger partial charge in [0.05, 0.1) is 11.0 Å². The van der Waals surface area contributed by atoms with Crippen LogP contribution >= 0.6 is 0 Å². The van der Waals surface area contributed by atoms with Gasteiger partial charge in [-0.05, 0) is 31.5 Å². The van der Waals surface area contributed by atoms with Crippen LogP contribution in [0.2, 0.25) is 0 Å². The number of aromatic nitrogens is 4. The first-order valence-corrected chi connectivity index (χ1v) is 8.61. The summed E-state index contributed by atoms with van der Waals surface area (Å²) in [4.78, 5) is 21.4. The van der Waals surface area contributed by atoms with Crippen LogP contribution < -0.4 is 5.32 Å². The monoisotopic (exact) mass is 339 g/mol. The Morgan fingerprint density at radius 3 is 2.76 bits per heavy atom. The molecule has 0 aliphatic carbocycles. The minimum Gasteiger partial charge on any atom is -0.350 e. The molecule has 132 valence electrons. The lowest BCUT2D eigenvalue weighted by Crippen LogP contribution is -2.31. The highest BCUT2D eigenvalue weighted by Crippen LogP contribution is 2.18. The number of hydrogen-bond donors (Lipinski definition) is 1. The minimum absolute atomic E-state index is 0.0165. The summed E-state index contributed by atoms with van der Waals surface area (Å²) in [6.45, 7) is 8.52. The number of carbonyl (C=O) groups excluding carboxylic acids is 1. The second-order valence-electron chi connectivity index (χ2n) is 6.78. The third-order valence-electron chi connectivity index (χ3n) is 4.65. The number of carbonyl (C=O) groups is 1. The Balaban J connectivity index is 1.70. The van der Waals surface area contributed by atoms with Crippen molar-refractivity contribution in [3.63, 3.8) is 0 Å². The normalized spacial score (nSPS) is 12.7. The molecule has 0 bridgehead atoms. The average molecular weight is 339 g/mol. The zero-order valence-corrected chi connectivity index (χ0v) is 15.4. The van der Waals surface area contributed by atoms with Crippen molar-refractivity contribution >= 4 is 16.9 Å². The Bertz CT molecular complexity index is 906. The molecule has 1 N–H and O–H groups in total. The number of imidazole rings is 2. The molecule has 0 fully saturated rings. The molecule has 0 aliphatic heterocycles. The molecule has 0 saturated carbocycles. The zero-order valence-electron chi connectivity index (χ0n) is 15.4. The number of amides is 1. The SMILES string of the molecule is Cc1nc2cc(CNC(=O)[C@@H](C)n3ccnc3C(C)C)ccc2n1C. The molecule has 0 radical (unpaired) electrons. The molecule has 6 nitrogen and oxygen atoms in total. The summed E-state index contributed by atoms with van der Waals surface area (Å²) >= 11 is 0. The van der Waals surface area contributed by atoms with Crippen LogP contribution in [0.5, 0.6) is 0 Å². The number of fused-ring (bicyclic) bond motifs is 1. The van der Waals surface area contributed by atoms with Gasteiger partial charge in [-0.15, -0.1) is 0 Å². The van der Waals surface area contributed by atoms with Gasteiger partial charge in [0.2, 0.25) is 5.91 Å². The van der Waals surface area contributed by atoms with E-state index in [1.165, 1.54) is 0 Å². The summed E-state index contributed by atoms with van der Waals surface area (Å²) in [6, 6.07) is 5.82. The van der Waals surface area contributed by atoms with Gasteiger partial charge < -0.3 is 14.5 Å². The molecular weight excluding hydrogens is 314 g/mol. The fourth-order valence-corrected chi connectivity index (χ4v) is 3.04. The lowest BCUT2D eigenvalue weighted by Gasteiger charge is -2.17. The highest BCUT2D eigenvalue weighted by atomic mass is 16.2. The van der Waals surface area contributed by atoms with Gasteiger partial charge in [-0.3, -0.25) is 4.79 Å². The van der Waals surface area contributed by atoms with Crippen LogP contribution in [0.1, 0.15) is 49.9 Å². The second-order valence-corrected chi connectivity index (χ2v) is 6.78. The van der Waals surface area contributed by atoms with Crippen molar-refractivity contribution in [1.82, 2.24) is 24.4 Å². The van der Waals surface area contributed by atoms with E-state index in [1.54, 1.807) is 6.20 Å². The Morgan fingerprint density at radius 1 is 1.28 bits per heavy atom. The van der Waals surface area contributed by atoms with Gasteiger partial charge in [-0.2, -0.15) is 0 Å². The fourth-order valence-electron chi connectivity index (χ4n) is 3.04. The van der Waals surface area contributed by atoms with Gasteiger partial charge >= 0.3 is 0 Å². The van der Waals surface area contributed by atoms with Gasteiger partial charge in [0, 0.05) is 31.9 Å². The van der Waals surface area contributed by atoms with Crippen LogP contribution in [0, 0.1) is 6.92 Å². The van der Waals surface area contributed by atoms with Crippen LogP contribution in [-0.4, -0.2) is 25.0 Å². The summed E-state index contributed by atoms with van der Waals surface area (Å²) < 4.78 is 4.00. The molecule has 0 aliphatic rings. The molecule has 2 aromatic heterocycles. The third-order valence-corrected chi connectivity index (χ3v) is 4.65. The molecule has 2 heterocycles. The number of hydrogen-bond acceptors (Lipinski definition) is 3. The molecule has 1 amide bonds. The molecule has 0 spiro atoms. The molecule has 1 aromatic carbocycles. The number of rotatable bonds is 5. The summed E-state index contributed by atoms with van der Waals surface area (Å²) in [5, 5.41) is 3.02. The van der Waals surface area contributed by atoms with Crippen molar-refractivity contribution in [3.05, 3.63) is 47.8 Å². The van der Waals surface area contributed by atoms with Crippen LogP contribution in [0.15, 0.2) is 30.6 Å². The molecule has 0 unspecified atom stereocenters. The number of aryl methyl sites for hydroxylation is 2. The van der Waals surface area contributed by atoms with Gasteiger partial charge in [0.25, 0.3) is 0 Å². The minimum atomic E-state index is -0.291. The van der Waals surface area contributed by atoms with E-state index < -0.39 is 0 Å². The summed E-state index contributed by atoms with van der Waals surface area (Å²) in [6.07, 6.45) is 3.61. The molecule has 1 atom stereocenters. The van der Waals surface area contributed by atoms with Crippen LogP contribution in [0.4, 0.5) is 0 Å². The second kappa shape index (κ2) is 6.70. The number of benzene rings is 1. The van der Waals surface area contributed by atoms with E-state index in [2.05, 4.69) is 33.7 Å². The Kier molecular flexibility index (Phi) is 4.61. The van der Waals surface area contributed by atoms with Crippen LogP contribution in [0.25, 0.3) is 11.0 Å². The molecule has 3 rings (SSSR count). The Hall–Kier alpha value is -2.63. The van der Waals surface area contributed by atoms with E-state index in [4.69, 9.17) is 0 Å². The summed E-state index contributed by atoms with van der Waals surface area (Å²) in [5.41, 5.74) is 3.10. The Morgan fingerprint density at radius 2 is 2.04 bits per heavy atom. The quantitative estimate of drug-likeness (QED) is 0.777. The van der Waals surface area contributed by atoms with Crippen LogP contribution in [-0.2, 0) is 18.4 Å². The van der Waals surface area contributed by atoms with Crippen molar-refractivity contribution in [3.8, 4) is 0 Å². The number of nitrogens with zero attached hydrogens (tertiary/aromatic N) is 4. The molecular formula is C19H25N5O. The van der Waals surface area contributed by atoms with Gasteiger partial charge in [-0.1, -0.05) is 19.9 Å². The molecule has 3 aromatic rings. The molecule has 25 heavy (non-hydrogen) atoms. The van der Waals surface area contributed by atoms with E-state index in [1.807, 2.05) is 49.9 Å². The third kappa shape index (κ3) is 3.29. The maximum absolute atomic E-state index is 12.5. The summed E-state index contributed by atoms with van der Waals surface area (Å²) in [5.74, 6) is 2.16. The number of nitrogens with one attached hydrogen (secondary N) is 1. The van der Waals surface area contributed by atoms with E-state index in [0.717, 1.165) is 28.2 Å². The smallest absolute Gasteiger partial charge is 0.243 e. The predicted molar refractivity (Wildman–Crippen MR) is 98.3 cm³/mol. The first kappa shape index (κ1) is 17.2.